The number of amides is 3. The molecule has 0 saturated carbocycles. The lowest BCUT2D eigenvalue weighted by molar-refractivity contribution is 0.102. The molecule has 0 aliphatic rings. The summed E-state index contributed by atoms with van der Waals surface area (Å²) in [7, 11) is 0. The highest BCUT2D eigenvalue weighted by molar-refractivity contribution is 6.05. The molecule has 3 amide bonds. The van der Waals surface area contributed by atoms with E-state index in [1.165, 1.54) is 6.07 Å². The Balaban J connectivity index is 1.60. The Hall–Kier alpha value is -3.80. The molecule has 6 heteroatoms. The van der Waals surface area contributed by atoms with Gasteiger partial charge >= 0.3 is 6.03 Å². The van der Waals surface area contributed by atoms with Crippen molar-refractivity contribution in [3.05, 3.63) is 84.4 Å². The van der Waals surface area contributed by atoms with Crippen LogP contribution in [0.3, 0.4) is 0 Å². The lowest BCUT2D eigenvalue weighted by atomic mass is 10.2. The molecule has 3 aromatic carbocycles. The summed E-state index contributed by atoms with van der Waals surface area (Å²) in [6, 6.07) is 21.6. The van der Waals surface area contributed by atoms with Crippen LogP contribution in [0.5, 0.6) is 5.75 Å². The zero-order chi connectivity index (χ0) is 18.4. The number of nitrogens with one attached hydrogen (secondary N) is 3. The van der Waals surface area contributed by atoms with Crippen molar-refractivity contribution >= 4 is 29.0 Å². The second-order valence-corrected chi connectivity index (χ2v) is 5.49. The van der Waals surface area contributed by atoms with Crippen LogP contribution in [-0.4, -0.2) is 17.0 Å². The fourth-order valence-corrected chi connectivity index (χ4v) is 2.29. The highest BCUT2D eigenvalue weighted by Crippen LogP contribution is 2.22. The zero-order valence-corrected chi connectivity index (χ0v) is 13.8. The van der Waals surface area contributed by atoms with E-state index in [0.717, 1.165) is 0 Å². The number of carbonyl (C=O) groups excluding carboxylic acids is 2. The van der Waals surface area contributed by atoms with E-state index < -0.39 is 0 Å². The first-order valence-electron chi connectivity index (χ1n) is 7.94. The first-order chi connectivity index (χ1) is 12.6. The third kappa shape index (κ3) is 4.39. The van der Waals surface area contributed by atoms with E-state index >= 15 is 0 Å². The molecule has 3 aromatic rings. The Labute approximate surface area is 150 Å². The second kappa shape index (κ2) is 7.85. The van der Waals surface area contributed by atoms with Crippen LogP contribution >= 0.6 is 0 Å². The second-order valence-electron chi connectivity index (χ2n) is 5.49. The van der Waals surface area contributed by atoms with Gasteiger partial charge in [0.2, 0.25) is 0 Å². The average molecular weight is 347 g/mol. The molecule has 0 fully saturated rings. The summed E-state index contributed by atoms with van der Waals surface area (Å²) < 4.78 is 0. The van der Waals surface area contributed by atoms with E-state index in [2.05, 4.69) is 16.0 Å². The molecule has 0 aromatic heterocycles. The van der Waals surface area contributed by atoms with Crippen LogP contribution in [0.1, 0.15) is 10.4 Å². The number of hydrogen-bond acceptors (Lipinski definition) is 3. The molecule has 0 bridgehead atoms. The average Bonchev–Trinajstić information content (AvgIpc) is 2.65. The summed E-state index contributed by atoms with van der Waals surface area (Å²) in [5.74, 6) is -0.358. The van der Waals surface area contributed by atoms with E-state index in [9.17, 15) is 14.7 Å². The number of carbonyl (C=O) groups is 2. The van der Waals surface area contributed by atoms with Crippen molar-refractivity contribution in [2.75, 3.05) is 16.0 Å². The number of phenols is 1. The molecule has 130 valence electrons. The number of hydrogen-bond donors (Lipinski definition) is 4. The summed E-state index contributed by atoms with van der Waals surface area (Å²) in [6.07, 6.45) is 0. The largest absolute Gasteiger partial charge is 0.506 e. The third-order valence-corrected chi connectivity index (χ3v) is 3.59. The summed E-state index contributed by atoms with van der Waals surface area (Å²) in [5, 5.41) is 17.7. The molecule has 0 saturated heterocycles. The number of urea groups is 1. The van der Waals surface area contributed by atoms with Gasteiger partial charge < -0.3 is 21.1 Å². The lowest BCUT2D eigenvalue weighted by Crippen LogP contribution is -2.19. The SMILES string of the molecule is O=C(Nc1ccccc1)Nc1ccc(C(=O)Nc2ccccc2O)cc1. The molecule has 26 heavy (non-hydrogen) atoms. The van der Waals surface area contributed by atoms with Crippen molar-refractivity contribution in [3.63, 3.8) is 0 Å². The highest BCUT2D eigenvalue weighted by atomic mass is 16.3. The first-order valence-corrected chi connectivity index (χ1v) is 7.94. The monoisotopic (exact) mass is 347 g/mol. The predicted octanol–water partition coefficient (Wildman–Crippen LogP) is 4.29. The van der Waals surface area contributed by atoms with E-state index in [-0.39, 0.29) is 17.7 Å². The Morgan fingerprint density at radius 3 is 1.88 bits per heavy atom. The molecule has 0 aliphatic heterocycles. The molecular formula is C20H17N3O3. The fraction of sp³-hybridized carbons (Fsp3) is 0. The molecule has 0 radical (unpaired) electrons. The van der Waals surface area contributed by atoms with Crippen molar-refractivity contribution in [3.8, 4) is 5.75 Å². The Morgan fingerprint density at radius 1 is 0.654 bits per heavy atom. The summed E-state index contributed by atoms with van der Waals surface area (Å²) in [5.41, 5.74) is 1.98. The maximum atomic E-state index is 12.2. The smallest absolute Gasteiger partial charge is 0.323 e. The first kappa shape index (κ1) is 17.0. The minimum absolute atomic E-state index is 0.00304. The van der Waals surface area contributed by atoms with Crippen LogP contribution in [0.2, 0.25) is 0 Å². The van der Waals surface area contributed by atoms with Crippen LogP contribution < -0.4 is 16.0 Å². The Bertz CT molecular complexity index is 909. The quantitative estimate of drug-likeness (QED) is 0.531. The van der Waals surface area contributed by atoms with Gasteiger partial charge in [-0.15, -0.1) is 0 Å². The molecular weight excluding hydrogens is 330 g/mol. The summed E-state index contributed by atoms with van der Waals surface area (Å²) in [4.78, 5) is 24.2. The molecule has 0 spiro atoms. The maximum absolute atomic E-state index is 12.2. The van der Waals surface area contributed by atoms with Crippen LogP contribution in [0.4, 0.5) is 21.9 Å². The van der Waals surface area contributed by atoms with Crippen LogP contribution in [0, 0.1) is 0 Å². The Kier molecular flexibility index (Phi) is 5.14. The van der Waals surface area contributed by atoms with Crippen molar-refractivity contribution < 1.29 is 14.7 Å². The molecule has 6 nitrogen and oxygen atoms in total. The van der Waals surface area contributed by atoms with Gasteiger partial charge in [-0.2, -0.15) is 0 Å². The van der Waals surface area contributed by atoms with Gasteiger partial charge in [0, 0.05) is 16.9 Å². The van der Waals surface area contributed by atoms with Gasteiger partial charge in [0.25, 0.3) is 5.91 Å². The lowest BCUT2D eigenvalue weighted by Gasteiger charge is -2.09. The van der Waals surface area contributed by atoms with Gasteiger partial charge in [-0.3, -0.25) is 4.79 Å². The molecule has 0 unspecified atom stereocenters. The van der Waals surface area contributed by atoms with Crippen LogP contribution in [0.25, 0.3) is 0 Å². The van der Waals surface area contributed by atoms with Gasteiger partial charge in [0.15, 0.2) is 0 Å². The van der Waals surface area contributed by atoms with E-state index in [1.807, 2.05) is 18.2 Å². The molecule has 0 atom stereocenters. The van der Waals surface area contributed by atoms with Crippen molar-refractivity contribution in [2.24, 2.45) is 0 Å². The van der Waals surface area contributed by atoms with E-state index in [4.69, 9.17) is 0 Å². The number of benzene rings is 3. The zero-order valence-electron chi connectivity index (χ0n) is 13.8. The van der Waals surface area contributed by atoms with Gasteiger partial charge in [-0.1, -0.05) is 30.3 Å². The topological polar surface area (TPSA) is 90.5 Å². The van der Waals surface area contributed by atoms with Crippen LogP contribution in [-0.2, 0) is 0 Å². The maximum Gasteiger partial charge on any atom is 0.323 e. The van der Waals surface area contributed by atoms with Gasteiger partial charge in [0.05, 0.1) is 5.69 Å². The minimum atomic E-state index is -0.373. The third-order valence-electron chi connectivity index (χ3n) is 3.59. The number of para-hydroxylation sites is 3. The van der Waals surface area contributed by atoms with Crippen molar-refractivity contribution in [2.45, 2.75) is 0 Å². The molecule has 0 aliphatic carbocycles. The predicted molar refractivity (Wildman–Crippen MR) is 102 cm³/mol. The summed E-state index contributed by atoms with van der Waals surface area (Å²) >= 11 is 0. The fourth-order valence-electron chi connectivity index (χ4n) is 2.29. The standard InChI is InChI=1S/C20H17N3O3/c24-18-9-5-4-8-17(18)23-19(25)14-10-12-16(13-11-14)22-20(26)21-15-6-2-1-3-7-15/h1-13,24H,(H,23,25)(H2,21,22,26). The number of phenolic OH excluding ortho intramolecular Hbond substituents is 1. The van der Waals surface area contributed by atoms with Crippen molar-refractivity contribution in [1.82, 2.24) is 0 Å². The normalized spacial score (nSPS) is 10.0. The highest BCUT2D eigenvalue weighted by Gasteiger charge is 2.09. The molecule has 0 heterocycles. The number of anilines is 3. The van der Waals surface area contributed by atoms with Crippen molar-refractivity contribution in [1.29, 1.82) is 0 Å². The van der Waals surface area contributed by atoms with Gasteiger partial charge in [0.1, 0.15) is 5.75 Å². The van der Waals surface area contributed by atoms with E-state index in [0.29, 0.717) is 22.6 Å². The minimum Gasteiger partial charge on any atom is -0.506 e. The number of aromatic hydroxyl groups is 1. The van der Waals surface area contributed by atoms with Gasteiger partial charge in [-0.25, -0.2) is 4.79 Å². The van der Waals surface area contributed by atoms with Gasteiger partial charge in [-0.05, 0) is 48.5 Å². The molecule has 3 rings (SSSR count). The van der Waals surface area contributed by atoms with E-state index in [1.54, 1.807) is 54.6 Å². The summed E-state index contributed by atoms with van der Waals surface area (Å²) in [6.45, 7) is 0. The number of rotatable bonds is 4. The van der Waals surface area contributed by atoms with Crippen LogP contribution in [0.15, 0.2) is 78.9 Å². The molecule has 4 N–H and O–H groups in total. The Morgan fingerprint density at radius 2 is 1.23 bits per heavy atom.